The number of hydrogen-bond donors (Lipinski definition) is 1. The van der Waals surface area contributed by atoms with Crippen molar-refractivity contribution in [3.05, 3.63) is 29.6 Å². The zero-order valence-electron chi connectivity index (χ0n) is 9.24. The van der Waals surface area contributed by atoms with Crippen molar-refractivity contribution < 1.29 is 8.17 Å². The Hall–Kier alpha value is -0.200. The molecule has 1 aliphatic rings. The van der Waals surface area contributed by atoms with Crippen molar-refractivity contribution in [1.82, 2.24) is 4.98 Å². The van der Waals surface area contributed by atoms with Gasteiger partial charge in [-0.15, -0.1) is 0 Å². The molecule has 1 fully saturated rings. The van der Waals surface area contributed by atoms with E-state index in [-0.39, 0.29) is 0 Å². The summed E-state index contributed by atoms with van der Waals surface area (Å²) in [6.07, 6.45) is 2.56. The normalized spacial score (nSPS) is 13.3. The number of hydrogen-bond acceptors (Lipinski definition) is 3. The largest absolute Gasteiger partial charge is 0.381 e. The molecule has 1 aromatic rings. The van der Waals surface area contributed by atoms with Crippen LogP contribution in [0.5, 0.6) is 0 Å². The van der Waals surface area contributed by atoms with Gasteiger partial charge < -0.3 is 8.17 Å². The minimum atomic E-state index is 1.00. The van der Waals surface area contributed by atoms with Crippen LogP contribution in [0.15, 0.2) is 18.2 Å². The molecule has 15 heavy (non-hydrogen) atoms. The predicted octanol–water partition coefficient (Wildman–Crippen LogP) is 2.82. The zero-order valence-corrected chi connectivity index (χ0v) is 11.4. The quantitative estimate of drug-likeness (QED) is 0.747. The van der Waals surface area contributed by atoms with Crippen molar-refractivity contribution in [2.45, 2.75) is 26.7 Å². The van der Waals surface area contributed by atoms with Gasteiger partial charge in [0.25, 0.3) is 0 Å². The molecule has 2 rings (SSSR count). The second kappa shape index (κ2) is 10.3. The zero-order chi connectivity index (χ0) is 11.5. The minimum Gasteiger partial charge on any atom is -0.381 e. The molecule has 1 aliphatic heterocycles. The van der Waals surface area contributed by atoms with Crippen LogP contribution in [0.4, 0.5) is 0 Å². The molecule has 0 aliphatic carbocycles. The lowest BCUT2D eigenvalue weighted by Gasteiger charge is -1.90. The summed E-state index contributed by atoms with van der Waals surface area (Å²) in [7, 11) is 0. The maximum Gasteiger partial charge on any atom is 0.106 e. The predicted molar refractivity (Wildman–Crippen MR) is 70.0 cm³/mol. The fourth-order valence-electron chi connectivity index (χ4n) is 1.19. The van der Waals surface area contributed by atoms with E-state index in [1.165, 1.54) is 12.8 Å². The molecule has 0 amide bonds. The first-order valence-corrected chi connectivity index (χ1v) is 5.90. The highest BCUT2D eigenvalue weighted by Gasteiger charge is 1.94. The smallest absolute Gasteiger partial charge is 0.106 e. The molecule has 1 N–H and O–H groups in total. The lowest BCUT2D eigenvalue weighted by molar-refractivity contribution is 0.198. The van der Waals surface area contributed by atoms with Gasteiger partial charge >= 0.3 is 0 Å². The van der Waals surface area contributed by atoms with Crippen LogP contribution in [-0.2, 0) is 4.74 Å². The van der Waals surface area contributed by atoms with E-state index in [9.17, 15) is 0 Å². The van der Waals surface area contributed by atoms with Crippen LogP contribution in [0.2, 0.25) is 0 Å². The van der Waals surface area contributed by atoms with E-state index < -0.39 is 0 Å². The van der Waals surface area contributed by atoms with Gasteiger partial charge in [0.1, 0.15) is 23.0 Å². The SMILES string of the molecule is C1CCOC1.Cc1cccc(C)n1.OI. The molecule has 86 valence electrons. The highest BCUT2D eigenvalue weighted by Crippen LogP contribution is 1.98. The number of pyridine rings is 1. The van der Waals surface area contributed by atoms with Crippen molar-refractivity contribution in [2.24, 2.45) is 0 Å². The van der Waals surface area contributed by atoms with Gasteiger partial charge in [-0.25, -0.2) is 0 Å². The van der Waals surface area contributed by atoms with Crippen molar-refractivity contribution >= 4 is 23.0 Å². The van der Waals surface area contributed by atoms with Gasteiger partial charge in [0.2, 0.25) is 0 Å². The fourth-order valence-corrected chi connectivity index (χ4v) is 1.19. The molecule has 1 saturated heterocycles. The van der Waals surface area contributed by atoms with Crippen molar-refractivity contribution in [1.29, 1.82) is 0 Å². The highest BCUT2D eigenvalue weighted by atomic mass is 127. The first-order chi connectivity index (χ1) is 7.29. The molecule has 0 saturated carbocycles. The van der Waals surface area contributed by atoms with E-state index in [4.69, 9.17) is 8.17 Å². The average Bonchev–Trinajstić information content (AvgIpc) is 2.78. The summed E-state index contributed by atoms with van der Waals surface area (Å²) in [5.41, 5.74) is 2.18. The third-order valence-corrected chi connectivity index (χ3v) is 1.85. The Balaban J connectivity index is 0.000000241. The van der Waals surface area contributed by atoms with Crippen molar-refractivity contribution in [2.75, 3.05) is 13.2 Å². The van der Waals surface area contributed by atoms with Crippen LogP contribution in [-0.4, -0.2) is 21.6 Å². The second-order valence-electron chi connectivity index (χ2n) is 3.24. The van der Waals surface area contributed by atoms with E-state index >= 15 is 0 Å². The van der Waals surface area contributed by atoms with Crippen LogP contribution >= 0.6 is 23.0 Å². The van der Waals surface area contributed by atoms with Crippen LogP contribution in [0, 0.1) is 13.8 Å². The third-order valence-electron chi connectivity index (χ3n) is 1.85. The number of aromatic nitrogens is 1. The fraction of sp³-hybridized carbons (Fsp3) is 0.545. The average molecular weight is 323 g/mol. The molecule has 0 atom stereocenters. The topological polar surface area (TPSA) is 42.4 Å². The third kappa shape index (κ3) is 8.77. The summed E-state index contributed by atoms with van der Waals surface area (Å²) in [6, 6.07) is 6.00. The van der Waals surface area contributed by atoms with E-state index in [1.54, 1.807) is 0 Å². The summed E-state index contributed by atoms with van der Waals surface area (Å²) in [5.74, 6) is 0. The Kier molecular flexibility index (Phi) is 10.2. The van der Waals surface area contributed by atoms with Gasteiger partial charge in [-0.2, -0.15) is 0 Å². The summed E-state index contributed by atoms with van der Waals surface area (Å²) >= 11 is 1.15. The first kappa shape index (κ1) is 14.8. The van der Waals surface area contributed by atoms with Gasteiger partial charge in [-0.1, -0.05) is 6.07 Å². The first-order valence-electron chi connectivity index (χ1n) is 4.94. The van der Waals surface area contributed by atoms with E-state index in [1.807, 2.05) is 32.0 Å². The summed E-state index contributed by atoms with van der Waals surface area (Å²) in [6.45, 7) is 5.99. The van der Waals surface area contributed by atoms with Crippen LogP contribution < -0.4 is 0 Å². The van der Waals surface area contributed by atoms with Gasteiger partial charge in [-0.3, -0.25) is 4.98 Å². The molecule has 2 heterocycles. The number of halogens is 1. The minimum absolute atomic E-state index is 1.00. The highest BCUT2D eigenvalue weighted by molar-refractivity contribution is 14.1. The molecular weight excluding hydrogens is 305 g/mol. The van der Waals surface area contributed by atoms with Gasteiger partial charge in [0, 0.05) is 24.6 Å². The molecule has 0 bridgehead atoms. The molecular formula is C11H18INO2. The Labute approximate surface area is 106 Å². The number of nitrogens with zero attached hydrogens (tertiary/aromatic N) is 1. The molecule has 0 unspecified atom stereocenters. The standard InChI is InChI=1S/C7H9N.C4H8O.HIO/c1-6-4-3-5-7(2)8-6;1-2-4-5-3-1;1-2/h3-5H,1-2H3;1-4H2;2H. The Bertz CT molecular complexity index is 227. The molecule has 1 aromatic heterocycles. The lowest BCUT2D eigenvalue weighted by atomic mass is 10.3. The Morgan fingerprint density at radius 1 is 1.13 bits per heavy atom. The van der Waals surface area contributed by atoms with Crippen LogP contribution in [0.25, 0.3) is 0 Å². The lowest BCUT2D eigenvalue weighted by Crippen LogP contribution is -1.81. The number of rotatable bonds is 0. The maximum atomic E-state index is 6.97. The molecule has 0 aromatic carbocycles. The monoisotopic (exact) mass is 323 g/mol. The van der Waals surface area contributed by atoms with E-state index in [0.29, 0.717) is 0 Å². The van der Waals surface area contributed by atoms with Gasteiger partial charge in [0.15, 0.2) is 0 Å². The molecule has 4 heteroatoms. The summed E-state index contributed by atoms with van der Waals surface area (Å²) < 4.78 is 11.9. The summed E-state index contributed by atoms with van der Waals surface area (Å²) in [4.78, 5) is 4.17. The van der Waals surface area contributed by atoms with E-state index in [2.05, 4.69) is 4.98 Å². The van der Waals surface area contributed by atoms with Crippen molar-refractivity contribution in [3.8, 4) is 0 Å². The van der Waals surface area contributed by atoms with Gasteiger partial charge in [-0.05, 0) is 38.8 Å². The Morgan fingerprint density at radius 3 is 1.80 bits per heavy atom. The summed E-state index contributed by atoms with van der Waals surface area (Å²) in [5, 5.41) is 0. The van der Waals surface area contributed by atoms with Crippen LogP contribution in [0.3, 0.4) is 0 Å². The maximum absolute atomic E-state index is 6.97. The van der Waals surface area contributed by atoms with Crippen LogP contribution in [0.1, 0.15) is 24.2 Å². The molecule has 0 radical (unpaired) electrons. The van der Waals surface area contributed by atoms with Gasteiger partial charge in [0.05, 0.1) is 0 Å². The van der Waals surface area contributed by atoms with E-state index in [0.717, 1.165) is 47.6 Å². The Morgan fingerprint density at radius 2 is 1.60 bits per heavy atom. The number of aryl methyl sites for hydroxylation is 2. The second-order valence-corrected chi connectivity index (χ2v) is 3.24. The number of ether oxygens (including phenoxy) is 1. The molecule has 3 nitrogen and oxygen atoms in total. The van der Waals surface area contributed by atoms with Crippen molar-refractivity contribution in [3.63, 3.8) is 0 Å². The molecule has 0 spiro atoms.